The van der Waals surface area contributed by atoms with E-state index in [1.165, 1.54) is 49.2 Å². The second kappa shape index (κ2) is 16.6. The maximum Gasteiger partial charge on any atom is 0.101 e. The van der Waals surface area contributed by atoms with E-state index in [0.29, 0.717) is 11.1 Å². The maximum absolute atomic E-state index is 10.4. The topological polar surface area (TPSA) is 54.1 Å². The van der Waals surface area contributed by atoms with Crippen molar-refractivity contribution in [1.29, 1.82) is 10.5 Å². The summed E-state index contributed by atoms with van der Waals surface area (Å²) in [6.07, 6.45) is 0. The van der Waals surface area contributed by atoms with Gasteiger partial charge in [-0.05, 0) is 162 Å². The molecule has 324 valence electrons. The first-order valence-electron chi connectivity index (χ1n) is 23.4. The average molecular weight is 881 g/mol. The molecule has 0 fully saturated rings. The number of benzene rings is 11. The van der Waals surface area contributed by atoms with Crippen LogP contribution in [0.15, 0.2) is 231 Å². The van der Waals surface area contributed by atoms with Gasteiger partial charge in [-0.2, -0.15) is 10.5 Å². The van der Waals surface area contributed by atoms with Crippen molar-refractivity contribution in [2.75, 3.05) is 9.80 Å². The van der Waals surface area contributed by atoms with Crippen LogP contribution in [-0.2, 0) is 5.41 Å². The van der Waals surface area contributed by atoms with E-state index >= 15 is 0 Å². The first-order chi connectivity index (χ1) is 33.9. The SMILES string of the molecule is CC1(C)c2cc(N(c3ccc(-c4ccc5ccccc5c4)cc3)c3ccccc3C#N)ccc2-c2ccc3cc(N(c4ccc(-c5ccc6ccccc6c5)cc4)c4ccccc4C#N)ccc3c21. The third-order valence-corrected chi connectivity index (χ3v) is 14.1. The molecule has 69 heavy (non-hydrogen) atoms. The van der Waals surface area contributed by atoms with Gasteiger partial charge in [-0.15, -0.1) is 0 Å². The smallest absolute Gasteiger partial charge is 0.101 e. The van der Waals surface area contributed by atoms with Crippen molar-refractivity contribution in [3.05, 3.63) is 253 Å². The van der Waals surface area contributed by atoms with E-state index in [9.17, 15) is 10.5 Å². The lowest BCUT2D eigenvalue weighted by Gasteiger charge is -2.29. The second-order valence-corrected chi connectivity index (χ2v) is 18.4. The van der Waals surface area contributed by atoms with Gasteiger partial charge >= 0.3 is 0 Å². The molecule has 0 atom stereocenters. The molecule has 0 unspecified atom stereocenters. The highest BCUT2D eigenvalue weighted by atomic mass is 15.1. The number of rotatable bonds is 8. The first-order valence-corrected chi connectivity index (χ1v) is 23.4. The Kier molecular flexibility index (Phi) is 9.91. The lowest BCUT2D eigenvalue weighted by Crippen LogP contribution is -2.17. The van der Waals surface area contributed by atoms with Gasteiger partial charge in [-0.25, -0.2) is 0 Å². The van der Waals surface area contributed by atoms with Gasteiger partial charge in [-0.1, -0.05) is 159 Å². The molecule has 0 aliphatic heterocycles. The molecule has 4 heteroatoms. The van der Waals surface area contributed by atoms with E-state index in [1.54, 1.807) is 0 Å². The van der Waals surface area contributed by atoms with Crippen molar-refractivity contribution >= 4 is 66.4 Å². The summed E-state index contributed by atoms with van der Waals surface area (Å²) in [5.74, 6) is 0. The Bertz CT molecular complexity index is 3910. The van der Waals surface area contributed by atoms with Gasteiger partial charge in [-0.3, -0.25) is 0 Å². The van der Waals surface area contributed by atoms with Gasteiger partial charge in [0.15, 0.2) is 0 Å². The summed E-state index contributed by atoms with van der Waals surface area (Å²) >= 11 is 0. The van der Waals surface area contributed by atoms with Gasteiger partial charge in [0.2, 0.25) is 0 Å². The Balaban J connectivity index is 0.922. The molecule has 0 saturated carbocycles. The molecule has 0 aromatic heterocycles. The van der Waals surface area contributed by atoms with Crippen LogP contribution in [0.25, 0.3) is 65.7 Å². The minimum Gasteiger partial charge on any atom is -0.309 e. The predicted molar refractivity (Wildman–Crippen MR) is 286 cm³/mol. The largest absolute Gasteiger partial charge is 0.309 e. The van der Waals surface area contributed by atoms with Crippen LogP contribution in [0.3, 0.4) is 0 Å². The van der Waals surface area contributed by atoms with Gasteiger partial charge < -0.3 is 9.80 Å². The number of anilines is 6. The summed E-state index contributed by atoms with van der Waals surface area (Å²) in [4.78, 5) is 4.41. The molecule has 1 aliphatic rings. The van der Waals surface area contributed by atoms with Gasteiger partial charge in [0.1, 0.15) is 12.1 Å². The number of fused-ring (bicyclic) bond motifs is 7. The monoisotopic (exact) mass is 880 g/mol. The molecule has 0 spiro atoms. The van der Waals surface area contributed by atoms with Crippen LogP contribution in [0.4, 0.5) is 34.1 Å². The van der Waals surface area contributed by atoms with Crippen LogP contribution in [0.2, 0.25) is 0 Å². The van der Waals surface area contributed by atoms with Crippen LogP contribution in [-0.4, -0.2) is 0 Å². The fraction of sp³-hybridized carbons (Fsp3) is 0.0462. The van der Waals surface area contributed by atoms with Crippen LogP contribution in [0, 0.1) is 22.7 Å². The first kappa shape index (κ1) is 41.2. The lowest BCUT2D eigenvalue weighted by atomic mass is 9.80. The highest BCUT2D eigenvalue weighted by Crippen LogP contribution is 2.54. The average Bonchev–Trinajstić information content (AvgIpc) is 3.64. The van der Waals surface area contributed by atoms with Crippen molar-refractivity contribution in [3.63, 3.8) is 0 Å². The molecule has 1 aliphatic carbocycles. The van der Waals surface area contributed by atoms with Gasteiger partial charge in [0.05, 0.1) is 22.5 Å². The third kappa shape index (κ3) is 7.06. The molecule has 12 rings (SSSR count). The molecule has 0 amide bonds. The molecule has 0 heterocycles. The van der Waals surface area contributed by atoms with Crippen molar-refractivity contribution in [2.24, 2.45) is 0 Å². The van der Waals surface area contributed by atoms with Crippen molar-refractivity contribution < 1.29 is 0 Å². The summed E-state index contributed by atoms with van der Waals surface area (Å²) in [5, 5.41) is 27.9. The standard InChI is InChI=1S/C65H44N4/c1-65(2)61-40-57(69(63-18-10-8-16-53(63)42-67)55-30-25-46(26-31-55)50-22-20-44-12-4-6-14-48(44)38-50)33-36-59(61)60-34-27-51-39-56(32-35-58(51)64(60)65)68(62-17-9-7-15-52(62)41-66)54-28-23-45(24-29-54)49-21-19-43-11-3-5-13-47(43)37-49/h3-40H,1-2H3. The van der Waals surface area contributed by atoms with E-state index in [4.69, 9.17) is 0 Å². The van der Waals surface area contributed by atoms with E-state index in [-0.39, 0.29) is 5.41 Å². The van der Waals surface area contributed by atoms with Crippen molar-refractivity contribution in [2.45, 2.75) is 19.3 Å². The molecule has 0 saturated heterocycles. The molecule has 0 radical (unpaired) electrons. The zero-order chi connectivity index (χ0) is 46.6. The molecule has 4 nitrogen and oxygen atoms in total. The summed E-state index contributed by atoms with van der Waals surface area (Å²) < 4.78 is 0. The summed E-state index contributed by atoms with van der Waals surface area (Å²) in [7, 11) is 0. The highest BCUT2D eigenvalue weighted by molar-refractivity contribution is 6.01. The van der Waals surface area contributed by atoms with Crippen LogP contribution in [0.5, 0.6) is 0 Å². The van der Waals surface area contributed by atoms with Crippen molar-refractivity contribution in [3.8, 4) is 45.5 Å². The van der Waals surface area contributed by atoms with Gasteiger partial charge in [0.25, 0.3) is 0 Å². The Morgan fingerprint density at radius 3 is 1.30 bits per heavy atom. The summed E-state index contributed by atoms with van der Waals surface area (Å²) in [5.41, 5.74) is 15.9. The highest BCUT2D eigenvalue weighted by Gasteiger charge is 2.38. The number of nitrogens with zero attached hydrogens (tertiary/aromatic N) is 4. The Hall–Kier alpha value is -9.22. The molecule has 11 aromatic rings. The molecule has 0 N–H and O–H groups in total. The lowest BCUT2D eigenvalue weighted by molar-refractivity contribution is 0.666. The predicted octanol–water partition coefficient (Wildman–Crippen LogP) is 17.5. The number of hydrogen-bond acceptors (Lipinski definition) is 4. The normalized spacial score (nSPS) is 12.3. The number of para-hydroxylation sites is 2. The third-order valence-electron chi connectivity index (χ3n) is 14.1. The van der Waals surface area contributed by atoms with Crippen molar-refractivity contribution in [1.82, 2.24) is 0 Å². The molecular formula is C65H44N4. The molecular weight excluding hydrogens is 837 g/mol. The number of nitriles is 2. The fourth-order valence-electron chi connectivity index (χ4n) is 10.6. The Morgan fingerprint density at radius 2 is 0.768 bits per heavy atom. The Morgan fingerprint density at radius 1 is 0.348 bits per heavy atom. The second-order valence-electron chi connectivity index (χ2n) is 18.4. The van der Waals surface area contributed by atoms with Gasteiger partial charge in [0, 0.05) is 28.2 Å². The minimum atomic E-state index is -0.353. The fourth-order valence-corrected chi connectivity index (χ4v) is 10.6. The van der Waals surface area contributed by atoms with Crippen LogP contribution >= 0.6 is 0 Å². The van der Waals surface area contributed by atoms with E-state index in [0.717, 1.165) is 61.8 Å². The zero-order valence-electron chi connectivity index (χ0n) is 38.2. The summed E-state index contributed by atoms with van der Waals surface area (Å²) in [6.45, 7) is 4.65. The molecule has 0 bridgehead atoms. The maximum atomic E-state index is 10.4. The molecule has 11 aromatic carbocycles. The minimum absolute atomic E-state index is 0.353. The van der Waals surface area contributed by atoms with E-state index in [1.807, 2.05) is 48.5 Å². The quantitative estimate of drug-likeness (QED) is 0.153. The van der Waals surface area contributed by atoms with Crippen LogP contribution in [0.1, 0.15) is 36.1 Å². The number of hydrogen-bond donors (Lipinski definition) is 0. The van der Waals surface area contributed by atoms with E-state index < -0.39 is 0 Å². The summed E-state index contributed by atoms with van der Waals surface area (Å²) in [6, 6.07) is 86.0. The van der Waals surface area contributed by atoms with E-state index in [2.05, 4.69) is 218 Å². The zero-order valence-corrected chi connectivity index (χ0v) is 38.2. The van der Waals surface area contributed by atoms with Crippen LogP contribution < -0.4 is 9.80 Å². The Labute approximate surface area is 402 Å².